The van der Waals surface area contributed by atoms with E-state index in [-0.39, 0.29) is 5.91 Å². The molecule has 20 heavy (non-hydrogen) atoms. The Balaban J connectivity index is 1.49. The number of nitrogens with one attached hydrogen (secondary N) is 1. The van der Waals surface area contributed by atoms with Gasteiger partial charge in [0.05, 0.1) is 6.42 Å². The summed E-state index contributed by atoms with van der Waals surface area (Å²) in [4.78, 5) is 16.8. The smallest absolute Gasteiger partial charge is 0.227 e. The quantitative estimate of drug-likeness (QED) is 0.897. The van der Waals surface area contributed by atoms with E-state index in [1.54, 1.807) is 0 Å². The average molecular weight is 338 g/mol. The molecule has 1 amide bonds. The van der Waals surface area contributed by atoms with E-state index >= 15 is 0 Å². The number of rotatable bonds is 3. The van der Waals surface area contributed by atoms with Crippen LogP contribution in [-0.2, 0) is 11.2 Å². The summed E-state index contributed by atoms with van der Waals surface area (Å²) in [6.45, 7) is 5.97. The van der Waals surface area contributed by atoms with Gasteiger partial charge in [-0.3, -0.25) is 9.69 Å². The molecule has 0 saturated carbocycles. The van der Waals surface area contributed by atoms with Crippen LogP contribution in [-0.4, -0.2) is 61.0 Å². The van der Waals surface area contributed by atoms with Crippen molar-refractivity contribution >= 4 is 21.8 Å². The number of piperazine rings is 1. The van der Waals surface area contributed by atoms with Gasteiger partial charge in [0.15, 0.2) is 0 Å². The normalized spacial score (nSPS) is 20.8. The lowest BCUT2D eigenvalue weighted by molar-refractivity contribution is -0.132. The number of nitrogens with zero attached hydrogens (tertiary/aromatic N) is 2. The van der Waals surface area contributed by atoms with Crippen molar-refractivity contribution in [2.75, 3.05) is 39.3 Å². The Morgan fingerprint density at radius 2 is 1.80 bits per heavy atom. The third-order valence-corrected chi connectivity index (χ3v) is 4.74. The van der Waals surface area contributed by atoms with Gasteiger partial charge in [-0.2, -0.15) is 0 Å². The topological polar surface area (TPSA) is 35.6 Å². The number of carbonyl (C=O) groups is 1. The first-order valence-corrected chi connectivity index (χ1v) is 7.98. The summed E-state index contributed by atoms with van der Waals surface area (Å²) >= 11 is 3.41. The summed E-state index contributed by atoms with van der Waals surface area (Å²) < 4.78 is 1.05. The van der Waals surface area contributed by atoms with Crippen molar-refractivity contribution in [2.24, 2.45) is 0 Å². The molecule has 4 nitrogen and oxygen atoms in total. The molecular formula is C15H20BrN3O. The van der Waals surface area contributed by atoms with Gasteiger partial charge in [-0.1, -0.05) is 28.1 Å². The third-order valence-electron chi connectivity index (χ3n) is 4.21. The lowest BCUT2D eigenvalue weighted by atomic mass is 10.1. The van der Waals surface area contributed by atoms with Crippen LogP contribution in [0.2, 0.25) is 0 Å². The van der Waals surface area contributed by atoms with Crippen LogP contribution in [0.15, 0.2) is 28.7 Å². The third kappa shape index (κ3) is 3.22. The van der Waals surface area contributed by atoms with Crippen molar-refractivity contribution < 1.29 is 4.79 Å². The van der Waals surface area contributed by atoms with Gasteiger partial charge >= 0.3 is 0 Å². The second-order valence-corrected chi connectivity index (χ2v) is 6.45. The molecule has 2 fully saturated rings. The molecule has 3 rings (SSSR count). The first kappa shape index (κ1) is 14.0. The molecule has 0 spiro atoms. The van der Waals surface area contributed by atoms with Crippen molar-refractivity contribution in [3.63, 3.8) is 0 Å². The van der Waals surface area contributed by atoms with Crippen molar-refractivity contribution in [3.05, 3.63) is 34.3 Å². The zero-order valence-corrected chi connectivity index (χ0v) is 13.1. The molecule has 108 valence electrons. The summed E-state index contributed by atoms with van der Waals surface area (Å²) in [7, 11) is 0. The molecule has 0 bridgehead atoms. The highest BCUT2D eigenvalue weighted by Gasteiger charge is 2.28. The molecule has 0 atom stereocenters. The first-order chi connectivity index (χ1) is 9.72. The van der Waals surface area contributed by atoms with Crippen LogP contribution in [0.5, 0.6) is 0 Å². The van der Waals surface area contributed by atoms with E-state index in [4.69, 9.17) is 0 Å². The standard InChI is InChI=1S/C15H20BrN3O/c16-13-3-1-12(2-4-13)9-15(20)19-7-5-18(6-8-19)14-10-17-11-14/h1-4,14,17H,5-11H2. The number of benzene rings is 1. The highest BCUT2D eigenvalue weighted by atomic mass is 79.9. The lowest BCUT2D eigenvalue weighted by Gasteiger charge is -2.43. The Hall–Kier alpha value is -0.910. The van der Waals surface area contributed by atoms with Crippen LogP contribution >= 0.6 is 15.9 Å². The zero-order valence-electron chi connectivity index (χ0n) is 11.5. The fraction of sp³-hybridized carbons (Fsp3) is 0.533. The van der Waals surface area contributed by atoms with Crippen LogP contribution in [0.25, 0.3) is 0 Å². The van der Waals surface area contributed by atoms with E-state index in [9.17, 15) is 4.79 Å². The molecule has 0 radical (unpaired) electrons. The molecular weight excluding hydrogens is 318 g/mol. The summed E-state index contributed by atoms with van der Waals surface area (Å²) in [6.07, 6.45) is 0.512. The molecule has 0 aromatic heterocycles. The van der Waals surface area contributed by atoms with Crippen LogP contribution in [0.4, 0.5) is 0 Å². The fourth-order valence-corrected chi connectivity index (χ4v) is 3.02. The minimum atomic E-state index is 0.249. The molecule has 5 heteroatoms. The molecule has 0 aliphatic carbocycles. The SMILES string of the molecule is O=C(Cc1ccc(Br)cc1)N1CCN(C2CNC2)CC1. The van der Waals surface area contributed by atoms with Crippen molar-refractivity contribution in [1.82, 2.24) is 15.1 Å². The van der Waals surface area contributed by atoms with E-state index in [0.29, 0.717) is 12.5 Å². The Morgan fingerprint density at radius 3 is 2.35 bits per heavy atom. The maximum absolute atomic E-state index is 12.3. The second kappa shape index (κ2) is 6.24. The predicted octanol–water partition coefficient (Wildman–Crippen LogP) is 1.11. The van der Waals surface area contributed by atoms with E-state index in [0.717, 1.165) is 49.3 Å². The van der Waals surface area contributed by atoms with Crippen molar-refractivity contribution in [1.29, 1.82) is 0 Å². The Morgan fingerprint density at radius 1 is 1.15 bits per heavy atom. The number of amides is 1. The lowest BCUT2D eigenvalue weighted by Crippen LogP contribution is -2.62. The van der Waals surface area contributed by atoms with Gasteiger partial charge in [0.2, 0.25) is 5.91 Å². The maximum atomic E-state index is 12.3. The molecule has 2 heterocycles. The zero-order chi connectivity index (χ0) is 13.9. The van der Waals surface area contributed by atoms with Crippen molar-refractivity contribution in [3.8, 4) is 0 Å². The van der Waals surface area contributed by atoms with Crippen LogP contribution in [0, 0.1) is 0 Å². The monoisotopic (exact) mass is 337 g/mol. The number of halogens is 1. The van der Waals surface area contributed by atoms with E-state index in [2.05, 4.69) is 26.1 Å². The van der Waals surface area contributed by atoms with E-state index in [1.165, 1.54) is 0 Å². The fourth-order valence-electron chi connectivity index (χ4n) is 2.76. The maximum Gasteiger partial charge on any atom is 0.227 e. The molecule has 2 saturated heterocycles. The van der Waals surface area contributed by atoms with Gasteiger partial charge in [0.1, 0.15) is 0 Å². The van der Waals surface area contributed by atoms with Gasteiger partial charge in [0, 0.05) is 49.8 Å². The molecule has 0 unspecified atom stereocenters. The van der Waals surface area contributed by atoms with Gasteiger partial charge in [-0.05, 0) is 17.7 Å². The Bertz CT molecular complexity index is 465. The molecule has 2 aliphatic heterocycles. The number of hydrogen-bond donors (Lipinski definition) is 1. The number of hydrogen-bond acceptors (Lipinski definition) is 3. The van der Waals surface area contributed by atoms with Crippen LogP contribution in [0.3, 0.4) is 0 Å². The Kier molecular flexibility index (Phi) is 4.38. The van der Waals surface area contributed by atoms with Gasteiger partial charge in [-0.15, -0.1) is 0 Å². The minimum absolute atomic E-state index is 0.249. The number of carbonyl (C=O) groups excluding carboxylic acids is 1. The predicted molar refractivity (Wildman–Crippen MR) is 82.7 cm³/mol. The first-order valence-electron chi connectivity index (χ1n) is 7.19. The van der Waals surface area contributed by atoms with Gasteiger partial charge in [-0.25, -0.2) is 0 Å². The van der Waals surface area contributed by atoms with Crippen molar-refractivity contribution in [2.45, 2.75) is 12.5 Å². The molecule has 2 aliphatic rings. The van der Waals surface area contributed by atoms with Crippen LogP contribution in [0.1, 0.15) is 5.56 Å². The minimum Gasteiger partial charge on any atom is -0.340 e. The highest BCUT2D eigenvalue weighted by Crippen LogP contribution is 2.13. The van der Waals surface area contributed by atoms with Gasteiger partial charge in [0.25, 0.3) is 0 Å². The Labute approximate surface area is 128 Å². The summed E-state index contributed by atoms with van der Waals surface area (Å²) in [5.41, 5.74) is 1.09. The average Bonchev–Trinajstić information content (AvgIpc) is 2.40. The summed E-state index contributed by atoms with van der Waals surface area (Å²) in [6, 6.07) is 8.70. The highest BCUT2D eigenvalue weighted by molar-refractivity contribution is 9.10. The van der Waals surface area contributed by atoms with Gasteiger partial charge < -0.3 is 10.2 Å². The molecule has 1 aromatic rings. The largest absolute Gasteiger partial charge is 0.340 e. The van der Waals surface area contributed by atoms with E-state index < -0.39 is 0 Å². The second-order valence-electron chi connectivity index (χ2n) is 5.53. The van der Waals surface area contributed by atoms with E-state index in [1.807, 2.05) is 29.2 Å². The summed E-state index contributed by atoms with van der Waals surface area (Å²) in [5.74, 6) is 0.249. The molecule has 1 aromatic carbocycles. The summed E-state index contributed by atoms with van der Waals surface area (Å²) in [5, 5.41) is 3.30. The van der Waals surface area contributed by atoms with Crippen LogP contribution < -0.4 is 5.32 Å². The molecule has 1 N–H and O–H groups in total.